The van der Waals surface area contributed by atoms with Crippen LogP contribution in [0.4, 0.5) is 0 Å². The molecule has 0 spiro atoms. The van der Waals surface area contributed by atoms with E-state index >= 15 is 0 Å². The van der Waals surface area contributed by atoms with Crippen LogP contribution in [-0.2, 0) is 4.74 Å². The highest BCUT2D eigenvalue weighted by Gasteiger charge is 2.22. The first kappa shape index (κ1) is 15.4. The normalized spacial score (nSPS) is 11.2. The van der Waals surface area contributed by atoms with Gasteiger partial charge in [-0.1, -0.05) is 37.0 Å². The lowest BCUT2D eigenvalue weighted by molar-refractivity contribution is 0.0526. The average molecular weight is 299 g/mol. The molecule has 0 aliphatic rings. The molecule has 2 rings (SSSR count). The van der Waals surface area contributed by atoms with Crippen molar-refractivity contribution in [3.8, 4) is 11.3 Å². The number of carbonyl (C=O) groups is 1. The molecule has 0 atom stereocenters. The maximum absolute atomic E-state index is 12.0. The molecule has 0 bridgehead atoms. The Hall–Kier alpha value is -1.94. The molecule has 0 saturated heterocycles. The van der Waals surface area contributed by atoms with Crippen LogP contribution in [0.5, 0.6) is 0 Å². The minimum Gasteiger partial charge on any atom is -0.462 e. The third-order valence-electron chi connectivity index (χ3n) is 3.28. The second kappa shape index (κ2) is 6.22. The molecule has 0 amide bonds. The fourth-order valence-electron chi connectivity index (χ4n) is 2.27. The quantitative estimate of drug-likeness (QED) is 0.641. The van der Waals surface area contributed by atoms with Crippen LogP contribution >= 0.6 is 0 Å². The van der Waals surface area contributed by atoms with Crippen LogP contribution in [0.2, 0.25) is 19.6 Å². The monoisotopic (exact) mass is 299 g/mol. The number of rotatable bonds is 4. The molecule has 0 radical (unpaired) electrons. The van der Waals surface area contributed by atoms with Gasteiger partial charge in [-0.15, -0.1) is 0 Å². The number of aromatic nitrogens is 1. The fourth-order valence-corrected chi connectivity index (χ4v) is 3.87. The highest BCUT2D eigenvalue weighted by molar-refractivity contribution is 6.89. The van der Waals surface area contributed by atoms with Gasteiger partial charge in [0.25, 0.3) is 0 Å². The molecule has 0 aliphatic heterocycles. The van der Waals surface area contributed by atoms with Crippen LogP contribution < -0.4 is 5.19 Å². The Labute approximate surface area is 127 Å². The lowest BCUT2D eigenvalue weighted by atomic mass is 10.1. The summed E-state index contributed by atoms with van der Waals surface area (Å²) in [6.07, 6.45) is 1.78. The number of esters is 1. The van der Waals surface area contributed by atoms with Gasteiger partial charge < -0.3 is 4.74 Å². The third-order valence-corrected chi connectivity index (χ3v) is 5.33. The van der Waals surface area contributed by atoms with E-state index in [1.54, 1.807) is 6.20 Å². The molecule has 1 heterocycles. The van der Waals surface area contributed by atoms with E-state index in [0.717, 1.165) is 11.3 Å². The van der Waals surface area contributed by atoms with Gasteiger partial charge >= 0.3 is 5.97 Å². The molecule has 0 N–H and O–H groups in total. The number of ether oxygens (including phenoxy) is 1. The number of hydrogen-bond donors (Lipinski definition) is 0. The molecular weight excluding hydrogens is 278 g/mol. The van der Waals surface area contributed by atoms with Gasteiger partial charge in [0.05, 0.1) is 25.9 Å². The van der Waals surface area contributed by atoms with E-state index in [4.69, 9.17) is 4.74 Å². The summed E-state index contributed by atoms with van der Waals surface area (Å²) in [5.74, 6) is -0.281. The minimum absolute atomic E-state index is 0.281. The first-order valence-corrected chi connectivity index (χ1v) is 10.7. The van der Waals surface area contributed by atoms with Gasteiger partial charge in [-0.3, -0.25) is 4.98 Å². The van der Waals surface area contributed by atoms with Crippen molar-refractivity contribution < 1.29 is 9.53 Å². The van der Waals surface area contributed by atoms with Crippen molar-refractivity contribution >= 4 is 19.2 Å². The zero-order valence-corrected chi connectivity index (χ0v) is 14.0. The molecule has 0 saturated carbocycles. The van der Waals surface area contributed by atoms with E-state index < -0.39 is 8.07 Å². The van der Waals surface area contributed by atoms with Crippen LogP contribution in [0.1, 0.15) is 17.3 Å². The van der Waals surface area contributed by atoms with Crippen molar-refractivity contribution in [2.45, 2.75) is 26.6 Å². The van der Waals surface area contributed by atoms with E-state index in [0.29, 0.717) is 12.2 Å². The van der Waals surface area contributed by atoms with Crippen molar-refractivity contribution in [3.63, 3.8) is 0 Å². The molecular formula is C17H21NO2Si. The second-order valence-corrected chi connectivity index (χ2v) is 11.0. The average Bonchev–Trinajstić information content (AvgIpc) is 2.47. The Morgan fingerprint density at radius 1 is 1.19 bits per heavy atom. The standard InChI is InChI=1S/C17H21NO2Si/c1-5-20-17(19)13-9-10-16(21(2,3)4)14(12-13)15-8-6-7-11-18-15/h6-12H,5H2,1-4H3. The van der Waals surface area contributed by atoms with Crippen LogP contribution in [-0.4, -0.2) is 25.6 Å². The van der Waals surface area contributed by atoms with Gasteiger partial charge in [-0.25, -0.2) is 4.79 Å². The van der Waals surface area contributed by atoms with E-state index in [9.17, 15) is 4.79 Å². The number of nitrogens with zero attached hydrogens (tertiary/aromatic N) is 1. The zero-order valence-electron chi connectivity index (χ0n) is 13.0. The number of carbonyl (C=O) groups excluding carboxylic acids is 1. The number of pyridine rings is 1. The smallest absolute Gasteiger partial charge is 0.338 e. The van der Waals surface area contributed by atoms with Gasteiger partial charge in [-0.05, 0) is 31.2 Å². The molecule has 110 valence electrons. The topological polar surface area (TPSA) is 39.2 Å². The number of benzene rings is 1. The van der Waals surface area contributed by atoms with Gasteiger partial charge in [0, 0.05) is 11.8 Å². The highest BCUT2D eigenvalue weighted by Crippen LogP contribution is 2.20. The predicted molar refractivity (Wildman–Crippen MR) is 88.6 cm³/mol. The summed E-state index contributed by atoms with van der Waals surface area (Å²) in [4.78, 5) is 16.4. The first-order valence-electron chi connectivity index (χ1n) is 7.16. The minimum atomic E-state index is -1.53. The second-order valence-electron chi connectivity index (χ2n) is 5.95. The SMILES string of the molecule is CCOC(=O)c1ccc([Si](C)(C)C)c(-c2ccccn2)c1. The summed E-state index contributed by atoms with van der Waals surface area (Å²) >= 11 is 0. The Bertz CT molecular complexity index is 633. The Kier molecular flexibility index (Phi) is 4.58. The van der Waals surface area contributed by atoms with Crippen molar-refractivity contribution in [2.75, 3.05) is 6.61 Å². The maximum Gasteiger partial charge on any atom is 0.338 e. The van der Waals surface area contributed by atoms with Gasteiger partial charge in [0.1, 0.15) is 0 Å². The summed E-state index contributed by atoms with van der Waals surface area (Å²) in [5.41, 5.74) is 2.53. The summed E-state index contributed by atoms with van der Waals surface area (Å²) in [6.45, 7) is 9.07. The molecule has 2 aromatic rings. The predicted octanol–water partition coefficient (Wildman–Crippen LogP) is 3.47. The molecule has 3 nitrogen and oxygen atoms in total. The van der Waals surface area contributed by atoms with E-state index in [1.807, 2.05) is 37.3 Å². The molecule has 0 aliphatic carbocycles. The van der Waals surface area contributed by atoms with E-state index in [2.05, 4.69) is 30.7 Å². The van der Waals surface area contributed by atoms with Gasteiger partial charge in [0.2, 0.25) is 0 Å². The van der Waals surface area contributed by atoms with Crippen molar-refractivity contribution in [1.29, 1.82) is 0 Å². The lowest BCUT2D eigenvalue weighted by Crippen LogP contribution is -2.39. The molecule has 1 aromatic carbocycles. The van der Waals surface area contributed by atoms with Crippen molar-refractivity contribution in [3.05, 3.63) is 48.2 Å². The fraction of sp³-hybridized carbons (Fsp3) is 0.294. The molecule has 0 unspecified atom stereocenters. The Morgan fingerprint density at radius 2 is 1.95 bits per heavy atom. The Balaban J connectivity index is 2.57. The van der Waals surface area contributed by atoms with Crippen molar-refractivity contribution in [1.82, 2.24) is 4.98 Å². The summed E-state index contributed by atoms with van der Waals surface area (Å²) in [5, 5.41) is 1.30. The first-order chi connectivity index (χ1) is 9.93. The van der Waals surface area contributed by atoms with E-state index in [1.165, 1.54) is 5.19 Å². The molecule has 21 heavy (non-hydrogen) atoms. The zero-order chi connectivity index (χ0) is 15.5. The lowest BCUT2D eigenvalue weighted by Gasteiger charge is -2.21. The summed E-state index contributed by atoms with van der Waals surface area (Å²) in [6, 6.07) is 11.7. The van der Waals surface area contributed by atoms with Crippen LogP contribution in [0.3, 0.4) is 0 Å². The summed E-state index contributed by atoms with van der Waals surface area (Å²) in [7, 11) is -1.53. The third kappa shape index (κ3) is 3.58. The number of hydrogen-bond acceptors (Lipinski definition) is 3. The van der Waals surface area contributed by atoms with Crippen LogP contribution in [0.25, 0.3) is 11.3 Å². The molecule has 0 fully saturated rings. The molecule has 1 aromatic heterocycles. The van der Waals surface area contributed by atoms with Gasteiger partial charge in [-0.2, -0.15) is 0 Å². The summed E-state index contributed by atoms with van der Waals surface area (Å²) < 4.78 is 5.10. The highest BCUT2D eigenvalue weighted by atomic mass is 28.3. The maximum atomic E-state index is 12.0. The Morgan fingerprint density at radius 3 is 2.52 bits per heavy atom. The largest absolute Gasteiger partial charge is 0.462 e. The van der Waals surface area contributed by atoms with Gasteiger partial charge in [0.15, 0.2) is 0 Å². The van der Waals surface area contributed by atoms with Crippen LogP contribution in [0, 0.1) is 0 Å². The van der Waals surface area contributed by atoms with Crippen LogP contribution in [0.15, 0.2) is 42.6 Å². The van der Waals surface area contributed by atoms with Crippen molar-refractivity contribution in [2.24, 2.45) is 0 Å². The van der Waals surface area contributed by atoms with E-state index in [-0.39, 0.29) is 5.97 Å². The molecule has 4 heteroatoms.